The van der Waals surface area contributed by atoms with Crippen LogP contribution >= 0.6 is 11.8 Å². The van der Waals surface area contributed by atoms with Crippen LogP contribution in [0.5, 0.6) is 0 Å². The summed E-state index contributed by atoms with van der Waals surface area (Å²) in [5.74, 6) is 0.868. The third-order valence-electron chi connectivity index (χ3n) is 7.41. The number of hydrogen-bond donors (Lipinski definition) is 1. The fraction of sp³-hybridized carbons (Fsp3) is 0.360. The molecule has 6 rings (SSSR count). The summed E-state index contributed by atoms with van der Waals surface area (Å²) >= 11 is 1.24. The average molecular weight is 492 g/mol. The van der Waals surface area contributed by atoms with Gasteiger partial charge in [0.05, 0.1) is 24.1 Å². The van der Waals surface area contributed by atoms with E-state index in [-0.39, 0.29) is 16.8 Å². The third kappa shape index (κ3) is 3.76. The van der Waals surface area contributed by atoms with Gasteiger partial charge >= 0.3 is 0 Å². The van der Waals surface area contributed by atoms with Crippen LogP contribution in [0.1, 0.15) is 31.5 Å². The SMILES string of the molecule is CC(=O)N1C[C@H]2C[C@@H](n3ncc(-c4cc(Sc5ncccc5F)c5c(N)cnn5c4)c3C)C[C@H]2C1. The summed E-state index contributed by atoms with van der Waals surface area (Å²) in [7, 11) is 0. The highest BCUT2D eigenvalue weighted by Gasteiger charge is 2.42. The second kappa shape index (κ2) is 8.37. The first kappa shape index (κ1) is 22.1. The summed E-state index contributed by atoms with van der Waals surface area (Å²) in [5, 5.41) is 9.47. The Morgan fingerprint density at radius 1 is 1.20 bits per heavy atom. The second-order valence-electron chi connectivity index (χ2n) is 9.54. The predicted octanol–water partition coefficient (Wildman–Crippen LogP) is 4.20. The molecule has 180 valence electrons. The van der Waals surface area contributed by atoms with Crippen molar-refractivity contribution in [3.8, 4) is 11.1 Å². The predicted molar refractivity (Wildman–Crippen MR) is 131 cm³/mol. The van der Waals surface area contributed by atoms with Gasteiger partial charge < -0.3 is 10.6 Å². The number of aromatic nitrogens is 5. The van der Waals surface area contributed by atoms with Crippen LogP contribution in [-0.4, -0.2) is 48.3 Å². The molecule has 35 heavy (non-hydrogen) atoms. The molecule has 3 atom stereocenters. The van der Waals surface area contributed by atoms with E-state index in [1.807, 2.05) is 23.4 Å². The minimum absolute atomic E-state index is 0.169. The van der Waals surface area contributed by atoms with E-state index in [1.165, 1.54) is 17.8 Å². The van der Waals surface area contributed by atoms with E-state index in [1.54, 1.807) is 29.9 Å². The molecule has 4 aromatic heterocycles. The number of nitrogens with two attached hydrogens (primary N) is 1. The van der Waals surface area contributed by atoms with E-state index in [4.69, 9.17) is 10.8 Å². The molecular formula is C25H26FN7OS. The average Bonchev–Trinajstić information content (AvgIpc) is 3.58. The monoisotopic (exact) mass is 491 g/mol. The summed E-state index contributed by atoms with van der Waals surface area (Å²) in [6.07, 6.45) is 9.08. The van der Waals surface area contributed by atoms with Gasteiger partial charge in [-0.3, -0.25) is 9.48 Å². The quantitative estimate of drug-likeness (QED) is 0.460. The molecule has 1 aliphatic heterocycles. The van der Waals surface area contributed by atoms with E-state index in [9.17, 15) is 9.18 Å². The highest BCUT2D eigenvalue weighted by molar-refractivity contribution is 7.99. The van der Waals surface area contributed by atoms with Crippen molar-refractivity contribution in [3.05, 3.63) is 54.5 Å². The number of carbonyl (C=O) groups is 1. The molecule has 0 aromatic carbocycles. The first-order chi connectivity index (χ1) is 16.9. The van der Waals surface area contributed by atoms with Crippen LogP contribution in [0.15, 0.2) is 52.9 Å². The zero-order valence-corrected chi connectivity index (χ0v) is 20.4. The van der Waals surface area contributed by atoms with Gasteiger partial charge in [-0.2, -0.15) is 10.2 Å². The molecular weight excluding hydrogens is 465 g/mol. The molecule has 5 heterocycles. The Balaban J connectivity index is 1.33. The van der Waals surface area contributed by atoms with Crippen molar-refractivity contribution in [3.63, 3.8) is 0 Å². The molecule has 0 bridgehead atoms. The van der Waals surface area contributed by atoms with Crippen LogP contribution in [0.4, 0.5) is 10.1 Å². The van der Waals surface area contributed by atoms with Gasteiger partial charge in [-0.05, 0) is 49.8 Å². The largest absolute Gasteiger partial charge is 0.396 e. The molecule has 0 radical (unpaired) electrons. The van der Waals surface area contributed by atoms with Crippen LogP contribution in [0, 0.1) is 24.6 Å². The molecule has 1 saturated heterocycles. The number of amides is 1. The van der Waals surface area contributed by atoms with Crippen molar-refractivity contribution in [1.29, 1.82) is 0 Å². The number of carbonyl (C=O) groups excluding carboxylic acids is 1. The van der Waals surface area contributed by atoms with E-state index >= 15 is 0 Å². The topological polar surface area (TPSA) is 94.3 Å². The minimum atomic E-state index is -0.377. The molecule has 2 N–H and O–H groups in total. The van der Waals surface area contributed by atoms with E-state index in [2.05, 4.69) is 21.7 Å². The van der Waals surface area contributed by atoms with Crippen molar-refractivity contribution in [2.45, 2.75) is 42.7 Å². The Labute approximate surface area is 206 Å². The number of rotatable bonds is 4. The lowest BCUT2D eigenvalue weighted by Gasteiger charge is -2.19. The van der Waals surface area contributed by atoms with Crippen LogP contribution < -0.4 is 5.73 Å². The van der Waals surface area contributed by atoms with Crippen molar-refractivity contribution in [1.82, 2.24) is 29.3 Å². The number of halogens is 1. The smallest absolute Gasteiger partial charge is 0.219 e. The van der Waals surface area contributed by atoms with Crippen molar-refractivity contribution >= 4 is 28.9 Å². The molecule has 10 heteroatoms. The van der Waals surface area contributed by atoms with Crippen molar-refractivity contribution < 1.29 is 9.18 Å². The van der Waals surface area contributed by atoms with Crippen LogP contribution in [0.3, 0.4) is 0 Å². The molecule has 2 aliphatic rings. The molecule has 1 aliphatic carbocycles. The van der Waals surface area contributed by atoms with Gasteiger partial charge in [-0.25, -0.2) is 13.9 Å². The highest BCUT2D eigenvalue weighted by atomic mass is 32.2. The Morgan fingerprint density at radius 3 is 2.69 bits per heavy atom. The molecule has 8 nitrogen and oxygen atoms in total. The number of hydrogen-bond acceptors (Lipinski definition) is 6. The maximum absolute atomic E-state index is 14.4. The van der Waals surface area contributed by atoms with Gasteiger partial charge in [-0.15, -0.1) is 0 Å². The lowest BCUT2D eigenvalue weighted by atomic mass is 10.0. The first-order valence-electron chi connectivity index (χ1n) is 11.7. The zero-order chi connectivity index (χ0) is 24.3. The Kier molecular flexibility index (Phi) is 5.28. The van der Waals surface area contributed by atoms with Gasteiger partial charge in [0.1, 0.15) is 10.5 Å². The normalized spacial score (nSPS) is 21.7. The number of pyridine rings is 2. The standard InChI is InChI=1S/C25H26FN7OS/c1-14-20(9-30-33(14)19-6-16-11-31(15(2)34)12-17(16)7-19)18-8-23(24-22(27)10-29-32(24)13-18)35-25-21(26)4-3-5-28-25/h3-5,8-10,13,16-17,19H,6-7,11-12,27H2,1-2H3/t16-,17+,19-. The second-order valence-corrected chi connectivity index (χ2v) is 10.6. The van der Waals surface area contributed by atoms with E-state index in [0.29, 0.717) is 23.6 Å². The number of nitrogens with zero attached hydrogens (tertiary/aromatic N) is 6. The van der Waals surface area contributed by atoms with Gasteiger partial charge in [0.2, 0.25) is 5.91 Å². The van der Waals surface area contributed by atoms with E-state index in [0.717, 1.165) is 53.2 Å². The van der Waals surface area contributed by atoms with Gasteiger partial charge in [-0.1, -0.05) is 11.8 Å². The minimum Gasteiger partial charge on any atom is -0.396 e. The maximum Gasteiger partial charge on any atom is 0.219 e. The van der Waals surface area contributed by atoms with Crippen LogP contribution in [0.2, 0.25) is 0 Å². The van der Waals surface area contributed by atoms with Crippen LogP contribution in [0.25, 0.3) is 16.6 Å². The Morgan fingerprint density at radius 2 is 1.97 bits per heavy atom. The lowest BCUT2D eigenvalue weighted by molar-refractivity contribution is -0.128. The van der Waals surface area contributed by atoms with E-state index < -0.39 is 0 Å². The first-order valence-corrected chi connectivity index (χ1v) is 12.6. The van der Waals surface area contributed by atoms with Crippen molar-refractivity contribution in [2.24, 2.45) is 11.8 Å². The summed E-state index contributed by atoms with van der Waals surface area (Å²) in [5.41, 5.74) is 10.5. The third-order valence-corrected chi connectivity index (χ3v) is 8.43. The Hall–Kier alpha value is -3.40. The molecule has 0 unspecified atom stereocenters. The molecule has 4 aromatic rings. The summed E-state index contributed by atoms with van der Waals surface area (Å²) in [4.78, 5) is 18.7. The number of nitrogen functional groups attached to an aromatic ring is 1. The maximum atomic E-state index is 14.4. The summed E-state index contributed by atoms with van der Waals surface area (Å²) < 4.78 is 18.2. The van der Waals surface area contributed by atoms with Gasteiger partial charge in [0.25, 0.3) is 0 Å². The molecule has 1 amide bonds. The number of fused-ring (bicyclic) bond motifs is 2. The Bertz CT molecular complexity index is 1430. The number of likely N-dealkylation sites (tertiary alicyclic amines) is 1. The summed E-state index contributed by atoms with van der Waals surface area (Å²) in [6.45, 7) is 5.45. The fourth-order valence-electron chi connectivity index (χ4n) is 5.68. The van der Waals surface area contributed by atoms with Gasteiger partial charge in [0, 0.05) is 54.1 Å². The molecule has 2 fully saturated rings. The van der Waals surface area contributed by atoms with Crippen LogP contribution in [-0.2, 0) is 4.79 Å². The lowest BCUT2D eigenvalue weighted by Crippen LogP contribution is -2.27. The fourth-order valence-corrected chi connectivity index (χ4v) is 6.66. The number of anilines is 1. The zero-order valence-electron chi connectivity index (χ0n) is 19.6. The summed E-state index contributed by atoms with van der Waals surface area (Å²) in [6, 6.07) is 5.31. The highest BCUT2D eigenvalue weighted by Crippen LogP contribution is 2.45. The molecule has 0 spiro atoms. The van der Waals surface area contributed by atoms with Gasteiger partial charge in [0.15, 0.2) is 5.82 Å². The molecule has 1 saturated carbocycles. The van der Waals surface area contributed by atoms with Crippen molar-refractivity contribution in [2.75, 3.05) is 18.8 Å².